The zero-order valence-electron chi connectivity index (χ0n) is 16.8. The summed E-state index contributed by atoms with van der Waals surface area (Å²) in [6, 6.07) is 11.0. The highest BCUT2D eigenvalue weighted by molar-refractivity contribution is 14.0. The minimum Gasteiger partial charge on any atom is -0.379 e. The molecule has 1 atom stereocenters. The van der Waals surface area contributed by atoms with Crippen LogP contribution in [0.15, 0.2) is 35.3 Å². The molecule has 3 rings (SSSR count). The van der Waals surface area contributed by atoms with Crippen molar-refractivity contribution in [3.63, 3.8) is 0 Å². The number of guanidine groups is 1. The van der Waals surface area contributed by atoms with Crippen LogP contribution in [0.4, 0.5) is 0 Å². The fourth-order valence-corrected chi connectivity index (χ4v) is 3.59. The van der Waals surface area contributed by atoms with E-state index < -0.39 is 0 Å². The Kier molecular flexibility index (Phi) is 11.1. The van der Waals surface area contributed by atoms with E-state index in [4.69, 9.17) is 9.47 Å². The monoisotopic (exact) mass is 503 g/mol. The molecule has 0 aliphatic carbocycles. The Morgan fingerprint density at radius 2 is 1.64 bits per heavy atom. The SMILES string of the molecule is CN=C(NCCN1CCOCC1)NCC(c1ccccc1)N1CCOCC1.I. The predicted molar refractivity (Wildman–Crippen MR) is 124 cm³/mol. The van der Waals surface area contributed by atoms with Gasteiger partial charge in [-0.25, -0.2) is 0 Å². The van der Waals surface area contributed by atoms with Gasteiger partial charge >= 0.3 is 0 Å². The van der Waals surface area contributed by atoms with Crippen LogP contribution in [0.3, 0.4) is 0 Å². The minimum atomic E-state index is 0. The molecule has 2 saturated heterocycles. The molecule has 7 nitrogen and oxygen atoms in total. The summed E-state index contributed by atoms with van der Waals surface area (Å²) >= 11 is 0. The van der Waals surface area contributed by atoms with Crippen molar-refractivity contribution in [2.75, 3.05) is 79.3 Å². The molecular weight excluding hydrogens is 469 g/mol. The van der Waals surface area contributed by atoms with E-state index in [-0.39, 0.29) is 24.0 Å². The predicted octanol–water partition coefficient (Wildman–Crippen LogP) is 1.18. The van der Waals surface area contributed by atoms with Gasteiger partial charge in [-0.05, 0) is 5.56 Å². The number of morpholine rings is 2. The van der Waals surface area contributed by atoms with Crippen molar-refractivity contribution in [3.8, 4) is 0 Å². The summed E-state index contributed by atoms with van der Waals surface area (Å²) < 4.78 is 10.9. The Morgan fingerprint density at radius 1 is 1.00 bits per heavy atom. The van der Waals surface area contributed by atoms with Crippen LogP contribution in [0.1, 0.15) is 11.6 Å². The molecule has 2 aliphatic heterocycles. The summed E-state index contributed by atoms with van der Waals surface area (Å²) in [5.41, 5.74) is 1.33. The second-order valence-electron chi connectivity index (χ2n) is 6.91. The maximum atomic E-state index is 5.53. The number of nitrogens with one attached hydrogen (secondary N) is 2. The van der Waals surface area contributed by atoms with Crippen molar-refractivity contribution >= 4 is 29.9 Å². The number of aliphatic imine (C=N–C) groups is 1. The fraction of sp³-hybridized carbons (Fsp3) is 0.650. The number of benzene rings is 1. The maximum absolute atomic E-state index is 5.53. The molecule has 1 aromatic carbocycles. The molecule has 0 saturated carbocycles. The van der Waals surface area contributed by atoms with Gasteiger partial charge in [-0.1, -0.05) is 30.3 Å². The average molecular weight is 503 g/mol. The molecule has 1 aromatic rings. The van der Waals surface area contributed by atoms with Crippen LogP contribution in [0.2, 0.25) is 0 Å². The standard InChI is InChI=1S/C20H33N5O2.HI/c1-21-20(22-7-8-24-9-13-26-14-10-24)23-17-19(18-5-3-2-4-6-18)25-11-15-27-16-12-25;/h2-6,19H,7-17H2,1H3,(H2,21,22,23);1H. The van der Waals surface area contributed by atoms with Crippen LogP contribution in [0.5, 0.6) is 0 Å². The molecule has 8 heteroatoms. The smallest absolute Gasteiger partial charge is 0.191 e. The summed E-state index contributed by atoms with van der Waals surface area (Å²) in [6.45, 7) is 9.95. The van der Waals surface area contributed by atoms with E-state index >= 15 is 0 Å². The minimum absolute atomic E-state index is 0. The zero-order chi connectivity index (χ0) is 18.7. The van der Waals surface area contributed by atoms with Gasteiger partial charge in [-0.2, -0.15) is 0 Å². The Morgan fingerprint density at radius 3 is 2.29 bits per heavy atom. The maximum Gasteiger partial charge on any atom is 0.191 e. The van der Waals surface area contributed by atoms with Crippen molar-refractivity contribution in [2.24, 2.45) is 4.99 Å². The normalized spacial score (nSPS) is 20.2. The Hall–Kier alpha value is -0.940. The van der Waals surface area contributed by atoms with Crippen LogP contribution in [0.25, 0.3) is 0 Å². The molecule has 0 bridgehead atoms. The lowest BCUT2D eigenvalue weighted by atomic mass is 10.0. The zero-order valence-corrected chi connectivity index (χ0v) is 19.1. The van der Waals surface area contributed by atoms with Crippen LogP contribution in [-0.4, -0.2) is 95.0 Å². The van der Waals surface area contributed by atoms with E-state index in [9.17, 15) is 0 Å². The lowest BCUT2D eigenvalue weighted by Gasteiger charge is -2.35. The molecule has 0 spiro atoms. The topological polar surface area (TPSA) is 61.4 Å². The third kappa shape index (κ3) is 7.47. The number of hydrogen-bond acceptors (Lipinski definition) is 5. The van der Waals surface area contributed by atoms with Crippen molar-refractivity contribution in [3.05, 3.63) is 35.9 Å². The summed E-state index contributed by atoms with van der Waals surface area (Å²) in [5, 5.41) is 6.96. The molecule has 158 valence electrons. The van der Waals surface area contributed by atoms with Gasteiger partial charge in [0.2, 0.25) is 0 Å². The highest BCUT2D eigenvalue weighted by Gasteiger charge is 2.22. The van der Waals surface area contributed by atoms with Crippen molar-refractivity contribution < 1.29 is 9.47 Å². The lowest BCUT2D eigenvalue weighted by Crippen LogP contribution is -2.48. The van der Waals surface area contributed by atoms with Gasteiger partial charge in [0.15, 0.2) is 5.96 Å². The van der Waals surface area contributed by atoms with E-state index in [0.29, 0.717) is 6.04 Å². The number of halogens is 1. The van der Waals surface area contributed by atoms with E-state index in [2.05, 4.69) is 55.8 Å². The quantitative estimate of drug-likeness (QED) is 0.331. The third-order valence-corrected chi connectivity index (χ3v) is 5.18. The Balaban J connectivity index is 0.00000280. The van der Waals surface area contributed by atoms with Gasteiger partial charge in [0, 0.05) is 52.9 Å². The molecule has 1 unspecified atom stereocenters. The van der Waals surface area contributed by atoms with Crippen LogP contribution >= 0.6 is 24.0 Å². The molecule has 2 heterocycles. The summed E-state index contributed by atoms with van der Waals surface area (Å²) in [5.74, 6) is 0.859. The number of hydrogen-bond donors (Lipinski definition) is 2. The molecule has 2 fully saturated rings. The highest BCUT2D eigenvalue weighted by atomic mass is 127. The molecule has 28 heavy (non-hydrogen) atoms. The Labute approximate surface area is 185 Å². The highest BCUT2D eigenvalue weighted by Crippen LogP contribution is 2.20. The van der Waals surface area contributed by atoms with Crippen molar-refractivity contribution in [1.29, 1.82) is 0 Å². The Bertz CT molecular complexity index is 563. The summed E-state index contributed by atoms with van der Waals surface area (Å²) in [4.78, 5) is 9.30. The van der Waals surface area contributed by atoms with Gasteiger partial charge in [0.25, 0.3) is 0 Å². The first-order valence-corrected chi connectivity index (χ1v) is 9.98. The molecule has 0 radical (unpaired) electrons. The number of ether oxygens (including phenoxy) is 2. The second-order valence-corrected chi connectivity index (χ2v) is 6.91. The average Bonchev–Trinajstić information content (AvgIpc) is 2.75. The second kappa shape index (κ2) is 13.3. The van der Waals surface area contributed by atoms with Gasteiger partial charge in [-0.3, -0.25) is 14.8 Å². The van der Waals surface area contributed by atoms with Gasteiger partial charge < -0.3 is 20.1 Å². The van der Waals surface area contributed by atoms with E-state index in [0.717, 1.165) is 78.2 Å². The first-order valence-electron chi connectivity index (χ1n) is 9.98. The van der Waals surface area contributed by atoms with Gasteiger partial charge in [0.05, 0.1) is 32.5 Å². The molecule has 2 N–H and O–H groups in total. The van der Waals surface area contributed by atoms with Gasteiger partial charge in [-0.15, -0.1) is 24.0 Å². The van der Waals surface area contributed by atoms with Crippen LogP contribution < -0.4 is 10.6 Å². The fourth-order valence-electron chi connectivity index (χ4n) is 3.59. The largest absolute Gasteiger partial charge is 0.379 e. The van der Waals surface area contributed by atoms with E-state index in [1.54, 1.807) is 0 Å². The molecule has 0 amide bonds. The van der Waals surface area contributed by atoms with Crippen LogP contribution in [-0.2, 0) is 9.47 Å². The van der Waals surface area contributed by atoms with E-state index in [1.165, 1.54) is 5.56 Å². The lowest BCUT2D eigenvalue weighted by molar-refractivity contribution is 0.0170. The van der Waals surface area contributed by atoms with Crippen LogP contribution in [0, 0.1) is 0 Å². The first kappa shape index (κ1) is 23.3. The summed E-state index contributed by atoms with van der Waals surface area (Å²) in [7, 11) is 1.83. The third-order valence-electron chi connectivity index (χ3n) is 5.18. The molecular formula is C20H34IN5O2. The van der Waals surface area contributed by atoms with E-state index in [1.807, 2.05) is 7.05 Å². The molecule has 0 aromatic heterocycles. The summed E-state index contributed by atoms with van der Waals surface area (Å²) in [6.07, 6.45) is 0. The van der Waals surface area contributed by atoms with Gasteiger partial charge in [0.1, 0.15) is 0 Å². The number of nitrogens with zero attached hydrogens (tertiary/aromatic N) is 3. The molecule has 2 aliphatic rings. The van der Waals surface area contributed by atoms with Crippen molar-refractivity contribution in [1.82, 2.24) is 20.4 Å². The first-order chi connectivity index (χ1) is 13.4. The van der Waals surface area contributed by atoms with Crippen molar-refractivity contribution in [2.45, 2.75) is 6.04 Å². The number of rotatable bonds is 7.